The Balaban J connectivity index is 3.06. The Morgan fingerprint density at radius 2 is 2.00 bits per heavy atom. The fourth-order valence-electron chi connectivity index (χ4n) is 1.39. The second-order valence-electron chi connectivity index (χ2n) is 4.43. The van der Waals surface area contributed by atoms with Crippen molar-refractivity contribution in [3.8, 4) is 0 Å². The summed E-state index contributed by atoms with van der Waals surface area (Å²) in [5, 5.41) is 0. The van der Waals surface area contributed by atoms with Crippen molar-refractivity contribution in [1.82, 2.24) is 0 Å². The summed E-state index contributed by atoms with van der Waals surface area (Å²) < 4.78 is 1.02. The first-order valence-corrected chi connectivity index (χ1v) is 5.96. The van der Waals surface area contributed by atoms with Crippen LogP contribution in [0.15, 0.2) is 22.7 Å². The Hall–Kier alpha value is -0.700. The van der Waals surface area contributed by atoms with E-state index in [1.165, 1.54) is 0 Å². The minimum absolute atomic E-state index is 0.127. The third kappa shape index (κ3) is 2.65. The molecule has 0 aliphatic rings. The molecule has 0 unspecified atom stereocenters. The zero-order valence-electron chi connectivity index (χ0n) is 9.84. The van der Waals surface area contributed by atoms with E-state index in [1.54, 1.807) is 0 Å². The Kier molecular flexibility index (Phi) is 3.66. The van der Waals surface area contributed by atoms with Crippen LogP contribution in [0.5, 0.6) is 0 Å². The lowest BCUT2D eigenvalue weighted by atomic mass is 9.99. The Morgan fingerprint density at radius 1 is 1.40 bits per heavy atom. The first-order chi connectivity index (χ1) is 6.88. The number of benzene rings is 1. The molecule has 0 saturated carbocycles. The van der Waals surface area contributed by atoms with E-state index >= 15 is 0 Å². The van der Waals surface area contributed by atoms with Gasteiger partial charge in [-0.25, -0.2) is 0 Å². The highest BCUT2D eigenvalue weighted by Gasteiger charge is 2.22. The number of hydrogen-bond acceptors (Lipinski definition) is 2. The van der Waals surface area contributed by atoms with Crippen LogP contribution >= 0.6 is 15.9 Å². The highest BCUT2D eigenvalue weighted by molar-refractivity contribution is 9.10. The largest absolute Gasteiger partial charge is 0.397 e. The van der Waals surface area contributed by atoms with Crippen LogP contribution in [-0.4, -0.2) is 12.6 Å². The number of rotatable bonds is 3. The van der Waals surface area contributed by atoms with Gasteiger partial charge in [-0.1, -0.05) is 22.9 Å². The van der Waals surface area contributed by atoms with Gasteiger partial charge in [0.2, 0.25) is 0 Å². The molecule has 0 atom stereocenters. The summed E-state index contributed by atoms with van der Waals surface area (Å²) in [6.07, 6.45) is 1.08. The average molecular weight is 271 g/mol. The molecule has 0 amide bonds. The van der Waals surface area contributed by atoms with Crippen LogP contribution in [0.3, 0.4) is 0 Å². The first-order valence-electron chi connectivity index (χ1n) is 5.17. The van der Waals surface area contributed by atoms with Crippen molar-refractivity contribution in [2.45, 2.75) is 32.7 Å². The summed E-state index contributed by atoms with van der Waals surface area (Å²) in [5.41, 5.74) is 8.03. The molecule has 0 aliphatic carbocycles. The second kappa shape index (κ2) is 4.44. The molecule has 1 aromatic rings. The first kappa shape index (κ1) is 12.4. The van der Waals surface area contributed by atoms with Crippen LogP contribution in [0, 0.1) is 0 Å². The van der Waals surface area contributed by atoms with E-state index in [-0.39, 0.29) is 5.54 Å². The molecule has 0 saturated heterocycles. The van der Waals surface area contributed by atoms with Gasteiger partial charge in [0, 0.05) is 17.1 Å². The minimum atomic E-state index is 0.127. The van der Waals surface area contributed by atoms with Gasteiger partial charge in [-0.3, -0.25) is 0 Å². The molecule has 3 heteroatoms. The fourth-order valence-corrected chi connectivity index (χ4v) is 1.77. The Labute approximate surface area is 101 Å². The molecule has 2 nitrogen and oxygen atoms in total. The molecule has 1 rings (SSSR count). The monoisotopic (exact) mass is 270 g/mol. The number of anilines is 2. The third-order valence-corrected chi connectivity index (χ3v) is 3.62. The van der Waals surface area contributed by atoms with Crippen molar-refractivity contribution >= 4 is 27.3 Å². The van der Waals surface area contributed by atoms with E-state index in [9.17, 15) is 0 Å². The lowest BCUT2D eigenvalue weighted by Crippen LogP contribution is -2.40. The lowest BCUT2D eigenvalue weighted by Gasteiger charge is -2.37. The van der Waals surface area contributed by atoms with E-state index in [1.807, 2.05) is 12.1 Å². The van der Waals surface area contributed by atoms with Crippen molar-refractivity contribution in [2.75, 3.05) is 17.7 Å². The van der Waals surface area contributed by atoms with Crippen molar-refractivity contribution in [3.05, 3.63) is 22.7 Å². The second-order valence-corrected chi connectivity index (χ2v) is 5.34. The highest BCUT2D eigenvalue weighted by atomic mass is 79.9. The van der Waals surface area contributed by atoms with Gasteiger partial charge < -0.3 is 10.6 Å². The predicted molar refractivity (Wildman–Crippen MR) is 71.3 cm³/mol. The van der Waals surface area contributed by atoms with Gasteiger partial charge in [-0.15, -0.1) is 0 Å². The molecule has 2 N–H and O–H groups in total. The van der Waals surface area contributed by atoms with Crippen LogP contribution in [0.2, 0.25) is 0 Å². The topological polar surface area (TPSA) is 29.3 Å². The molecule has 84 valence electrons. The Morgan fingerprint density at radius 3 is 2.47 bits per heavy atom. The van der Waals surface area contributed by atoms with Crippen molar-refractivity contribution in [3.63, 3.8) is 0 Å². The molecule has 0 fully saturated rings. The van der Waals surface area contributed by atoms with Gasteiger partial charge in [0.05, 0.1) is 11.4 Å². The van der Waals surface area contributed by atoms with Gasteiger partial charge in [0.15, 0.2) is 0 Å². The summed E-state index contributed by atoms with van der Waals surface area (Å²) >= 11 is 3.41. The van der Waals surface area contributed by atoms with Crippen LogP contribution in [0.4, 0.5) is 11.4 Å². The van der Waals surface area contributed by atoms with Crippen LogP contribution in [0.1, 0.15) is 27.2 Å². The standard InChI is InChI=1S/C12H19BrN2/c1-5-12(2,3)15(4)11-7-6-9(13)8-10(11)14/h6-8H,5,14H2,1-4H3. The van der Waals surface area contributed by atoms with E-state index in [0.717, 1.165) is 22.3 Å². The SMILES string of the molecule is CCC(C)(C)N(C)c1ccc(Br)cc1N. The predicted octanol–water partition coefficient (Wildman–Crippen LogP) is 3.66. The van der Waals surface area contributed by atoms with Crippen LogP contribution < -0.4 is 10.6 Å². The van der Waals surface area contributed by atoms with Gasteiger partial charge in [0.25, 0.3) is 0 Å². The van der Waals surface area contributed by atoms with Crippen molar-refractivity contribution < 1.29 is 0 Å². The number of nitrogen functional groups attached to an aromatic ring is 1. The molecule has 0 bridgehead atoms. The molecule has 0 aliphatic heterocycles. The van der Waals surface area contributed by atoms with E-state index < -0.39 is 0 Å². The number of halogens is 1. The summed E-state index contributed by atoms with van der Waals surface area (Å²) in [4.78, 5) is 2.23. The zero-order chi connectivity index (χ0) is 11.6. The van der Waals surface area contributed by atoms with Gasteiger partial charge in [-0.05, 0) is 38.5 Å². The normalized spacial score (nSPS) is 11.5. The third-order valence-electron chi connectivity index (χ3n) is 3.12. The van der Waals surface area contributed by atoms with Crippen molar-refractivity contribution in [1.29, 1.82) is 0 Å². The molecular formula is C12H19BrN2. The number of nitrogens with two attached hydrogens (primary N) is 1. The van der Waals surface area contributed by atoms with Gasteiger partial charge in [0.1, 0.15) is 0 Å². The van der Waals surface area contributed by atoms with E-state index in [0.29, 0.717) is 0 Å². The van der Waals surface area contributed by atoms with Gasteiger partial charge in [-0.2, -0.15) is 0 Å². The minimum Gasteiger partial charge on any atom is -0.397 e. The molecule has 0 radical (unpaired) electrons. The number of hydrogen-bond donors (Lipinski definition) is 1. The number of nitrogens with zero attached hydrogens (tertiary/aromatic N) is 1. The maximum Gasteiger partial charge on any atom is 0.0602 e. The average Bonchev–Trinajstić information content (AvgIpc) is 2.17. The van der Waals surface area contributed by atoms with Gasteiger partial charge >= 0.3 is 0 Å². The fraction of sp³-hybridized carbons (Fsp3) is 0.500. The molecule has 0 aromatic heterocycles. The van der Waals surface area contributed by atoms with E-state index in [4.69, 9.17) is 5.73 Å². The van der Waals surface area contributed by atoms with Crippen molar-refractivity contribution in [2.24, 2.45) is 0 Å². The van der Waals surface area contributed by atoms with Crippen LogP contribution in [-0.2, 0) is 0 Å². The molecule has 0 spiro atoms. The lowest BCUT2D eigenvalue weighted by molar-refractivity contribution is 0.471. The molecule has 15 heavy (non-hydrogen) atoms. The summed E-state index contributed by atoms with van der Waals surface area (Å²) in [7, 11) is 2.09. The summed E-state index contributed by atoms with van der Waals surface area (Å²) in [6, 6.07) is 6.02. The summed E-state index contributed by atoms with van der Waals surface area (Å²) in [5.74, 6) is 0. The van der Waals surface area contributed by atoms with E-state index in [2.05, 4.69) is 54.7 Å². The zero-order valence-corrected chi connectivity index (χ0v) is 11.4. The maximum atomic E-state index is 6.00. The maximum absolute atomic E-state index is 6.00. The molecular weight excluding hydrogens is 252 g/mol. The smallest absolute Gasteiger partial charge is 0.0602 e. The summed E-state index contributed by atoms with van der Waals surface area (Å²) in [6.45, 7) is 6.62. The molecule has 1 aromatic carbocycles. The quantitative estimate of drug-likeness (QED) is 0.850. The van der Waals surface area contributed by atoms with Crippen LogP contribution in [0.25, 0.3) is 0 Å². The highest BCUT2D eigenvalue weighted by Crippen LogP contribution is 2.31. The Bertz CT molecular complexity index is 347. The molecule has 0 heterocycles.